The normalized spacial score (nSPS) is 14.2. The third-order valence-corrected chi connectivity index (χ3v) is 3.65. The van der Waals surface area contributed by atoms with Crippen molar-refractivity contribution in [1.82, 2.24) is 9.97 Å². The fourth-order valence-corrected chi connectivity index (χ4v) is 2.63. The standard InChI is InChI=1S/C14H12ClN3O/c15-13-12(7-19)14(17-8-16-13)18-11-5-9-3-1-2-4-10(9)6-11/h1-4,7-8,11H,5-6H2,(H,16,17,18). The van der Waals surface area contributed by atoms with E-state index in [0.29, 0.717) is 17.7 Å². The molecule has 1 aromatic carbocycles. The molecular formula is C14H12ClN3O. The average Bonchev–Trinajstić information content (AvgIpc) is 2.81. The molecule has 4 nitrogen and oxygen atoms in total. The number of aromatic nitrogens is 2. The molecule has 0 amide bonds. The van der Waals surface area contributed by atoms with Crippen molar-refractivity contribution in [3.8, 4) is 0 Å². The Hall–Kier alpha value is -1.94. The molecule has 96 valence electrons. The van der Waals surface area contributed by atoms with Crippen LogP contribution in [-0.2, 0) is 12.8 Å². The fraction of sp³-hybridized carbons (Fsp3) is 0.214. The van der Waals surface area contributed by atoms with Crippen LogP contribution in [0.1, 0.15) is 21.5 Å². The Morgan fingerprint density at radius 1 is 1.21 bits per heavy atom. The smallest absolute Gasteiger partial charge is 0.156 e. The van der Waals surface area contributed by atoms with Gasteiger partial charge in [-0.05, 0) is 24.0 Å². The monoisotopic (exact) mass is 273 g/mol. The fourth-order valence-electron chi connectivity index (χ4n) is 2.45. The molecule has 1 heterocycles. The lowest BCUT2D eigenvalue weighted by Crippen LogP contribution is -2.21. The lowest BCUT2D eigenvalue weighted by molar-refractivity contribution is 0.112. The summed E-state index contributed by atoms with van der Waals surface area (Å²) in [4.78, 5) is 18.9. The molecule has 0 bridgehead atoms. The Kier molecular flexibility index (Phi) is 3.17. The van der Waals surface area contributed by atoms with E-state index in [0.717, 1.165) is 12.8 Å². The molecule has 0 aliphatic heterocycles. The van der Waals surface area contributed by atoms with Crippen molar-refractivity contribution in [2.45, 2.75) is 18.9 Å². The van der Waals surface area contributed by atoms with Crippen LogP contribution in [-0.4, -0.2) is 22.3 Å². The Bertz CT molecular complexity index is 605. The molecule has 1 N–H and O–H groups in total. The van der Waals surface area contributed by atoms with Gasteiger partial charge in [-0.1, -0.05) is 35.9 Å². The quantitative estimate of drug-likeness (QED) is 0.690. The molecule has 0 fully saturated rings. The molecule has 1 aromatic heterocycles. The third-order valence-electron chi connectivity index (χ3n) is 3.34. The summed E-state index contributed by atoms with van der Waals surface area (Å²) in [6, 6.07) is 8.58. The van der Waals surface area contributed by atoms with E-state index in [1.165, 1.54) is 17.5 Å². The summed E-state index contributed by atoms with van der Waals surface area (Å²) >= 11 is 5.88. The second-order valence-electron chi connectivity index (χ2n) is 4.56. The van der Waals surface area contributed by atoms with Gasteiger partial charge in [0.25, 0.3) is 0 Å². The molecule has 0 saturated carbocycles. The van der Waals surface area contributed by atoms with Crippen LogP contribution in [0.3, 0.4) is 0 Å². The maximum atomic E-state index is 11.0. The van der Waals surface area contributed by atoms with Crippen molar-refractivity contribution < 1.29 is 4.79 Å². The van der Waals surface area contributed by atoms with E-state index in [-0.39, 0.29) is 11.2 Å². The minimum absolute atomic E-state index is 0.183. The number of nitrogens with zero attached hydrogens (tertiary/aromatic N) is 2. The second-order valence-corrected chi connectivity index (χ2v) is 4.92. The molecule has 1 aliphatic carbocycles. The van der Waals surface area contributed by atoms with Crippen LogP contribution in [0.15, 0.2) is 30.6 Å². The van der Waals surface area contributed by atoms with Crippen LogP contribution in [0.25, 0.3) is 0 Å². The van der Waals surface area contributed by atoms with Crippen molar-refractivity contribution >= 4 is 23.7 Å². The van der Waals surface area contributed by atoms with Crippen molar-refractivity contribution in [2.75, 3.05) is 5.32 Å². The van der Waals surface area contributed by atoms with Crippen LogP contribution < -0.4 is 5.32 Å². The molecule has 3 rings (SSSR count). The molecular weight excluding hydrogens is 262 g/mol. The predicted octanol–water partition coefficient (Wildman–Crippen LogP) is 2.52. The van der Waals surface area contributed by atoms with E-state index in [2.05, 4.69) is 27.4 Å². The van der Waals surface area contributed by atoms with Gasteiger partial charge < -0.3 is 5.32 Å². The highest BCUT2D eigenvalue weighted by Gasteiger charge is 2.22. The van der Waals surface area contributed by atoms with E-state index < -0.39 is 0 Å². The highest BCUT2D eigenvalue weighted by molar-refractivity contribution is 6.32. The first-order valence-corrected chi connectivity index (χ1v) is 6.44. The first kappa shape index (κ1) is 12.1. The molecule has 0 unspecified atom stereocenters. The van der Waals surface area contributed by atoms with E-state index in [9.17, 15) is 4.79 Å². The van der Waals surface area contributed by atoms with Crippen molar-refractivity contribution in [3.05, 3.63) is 52.4 Å². The van der Waals surface area contributed by atoms with E-state index >= 15 is 0 Å². The number of hydrogen-bond donors (Lipinski definition) is 1. The van der Waals surface area contributed by atoms with Gasteiger partial charge in [0.15, 0.2) is 6.29 Å². The van der Waals surface area contributed by atoms with Gasteiger partial charge in [-0.3, -0.25) is 4.79 Å². The highest BCUT2D eigenvalue weighted by atomic mass is 35.5. The predicted molar refractivity (Wildman–Crippen MR) is 73.7 cm³/mol. The first-order chi connectivity index (χ1) is 9.28. The maximum absolute atomic E-state index is 11.0. The Balaban J connectivity index is 1.81. The van der Waals surface area contributed by atoms with Gasteiger partial charge in [-0.25, -0.2) is 9.97 Å². The van der Waals surface area contributed by atoms with Gasteiger partial charge >= 0.3 is 0 Å². The summed E-state index contributed by atoms with van der Waals surface area (Å²) in [5.41, 5.74) is 3.00. The summed E-state index contributed by atoms with van der Waals surface area (Å²) in [6.07, 6.45) is 3.90. The highest BCUT2D eigenvalue weighted by Crippen LogP contribution is 2.25. The summed E-state index contributed by atoms with van der Waals surface area (Å²) in [5, 5.41) is 3.46. The molecule has 2 aromatic rings. The molecule has 1 aliphatic rings. The van der Waals surface area contributed by atoms with Crippen molar-refractivity contribution in [1.29, 1.82) is 0 Å². The van der Waals surface area contributed by atoms with E-state index in [4.69, 9.17) is 11.6 Å². The number of benzene rings is 1. The Morgan fingerprint density at radius 3 is 2.53 bits per heavy atom. The maximum Gasteiger partial charge on any atom is 0.156 e. The minimum atomic E-state index is 0.183. The second kappa shape index (κ2) is 4.97. The molecule has 0 saturated heterocycles. The molecule has 0 atom stereocenters. The summed E-state index contributed by atoms with van der Waals surface area (Å²) in [5.74, 6) is 0.507. The number of aldehydes is 1. The van der Waals surface area contributed by atoms with Gasteiger partial charge in [0.05, 0.1) is 5.56 Å². The lowest BCUT2D eigenvalue weighted by Gasteiger charge is -2.14. The lowest BCUT2D eigenvalue weighted by atomic mass is 10.1. The Labute approximate surface area is 115 Å². The number of hydrogen-bond acceptors (Lipinski definition) is 4. The number of fused-ring (bicyclic) bond motifs is 1. The number of rotatable bonds is 3. The van der Waals surface area contributed by atoms with Gasteiger partial charge in [0.1, 0.15) is 17.3 Å². The minimum Gasteiger partial charge on any atom is -0.366 e. The van der Waals surface area contributed by atoms with Crippen molar-refractivity contribution in [3.63, 3.8) is 0 Å². The van der Waals surface area contributed by atoms with Crippen molar-refractivity contribution in [2.24, 2.45) is 0 Å². The average molecular weight is 274 g/mol. The number of nitrogens with one attached hydrogen (secondary N) is 1. The van der Waals surface area contributed by atoms with Gasteiger partial charge in [0, 0.05) is 6.04 Å². The van der Waals surface area contributed by atoms with Crippen LogP contribution in [0.4, 0.5) is 5.82 Å². The zero-order chi connectivity index (χ0) is 13.2. The van der Waals surface area contributed by atoms with E-state index in [1.807, 2.05) is 12.1 Å². The van der Waals surface area contributed by atoms with Gasteiger partial charge in [-0.15, -0.1) is 0 Å². The number of anilines is 1. The van der Waals surface area contributed by atoms with Gasteiger partial charge in [-0.2, -0.15) is 0 Å². The molecule has 5 heteroatoms. The molecule has 0 spiro atoms. The third kappa shape index (κ3) is 2.31. The van der Waals surface area contributed by atoms with Crippen LogP contribution >= 0.6 is 11.6 Å². The zero-order valence-corrected chi connectivity index (χ0v) is 10.9. The largest absolute Gasteiger partial charge is 0.366 e. The van der Waals surface area contributed by atoms with Crippen LogP contribution in [0, 0.1) is 0 Å². The number of halogens is 1. The van der Waals surface area contributed by atoms with Crippen LogP contribution in [0.5, 0.6) is 0 Å². The topological polar surface area (TPSA) is 54.9 Å². The number of carbonyl (C=O) groups is 1. The van der Waals surface area contributed by atoms with Crippen LogP contribution in [0.2, 0.25) is 5.15 Å². The summed E-state index contributed by atoms with van der Waals surface area (Å²) < 4.78 is 0. The van der Waals surface area contributed by atoms with E-state index in [1.54, 1.807) is 0 Å². The zero-order valence-electron chi connectivity index (χ0n) is 10.1. The summed E-state index contributed by atoms with van der Waals surface area (Å²) in [6.45, 7) is 0. The number of carbonyl (C=O) groups excluding carboxylic acids is 1. The summed E-state index contributed by atoms with van der Waals surface area (Å²) in [7, 11) is 0. The molecule has 19 heavy (non-hydrogen) atoms. The first-order valence-electron chi connectivity index (χ1n) is 6.07. The SMILES string of the molecule is O=Cc1c(Cl)ncnc1NC1Cc2ccccc2C1. The van der Waals surface area contributed by atoms with Gasteiger partial charge in [0.2, 0.25) is 0 Å². The molecule has 0 radical (unpaired) electrons. The Morgan fingerprint density at radius 2 is 1.89 bits per heavy atom.